The Balaban J connectivity index is 2.78. The van der Waals surface area contributed by atoms with Crippen molar-refractivity contribution in [3.63, 3.8) is 0 Å². The van der Waals surface area contributed by atoms with Gasteiger partial charge in [-0.05, 0) is 25.2 Å². The van der Waals surface area contributed by atoms with Crippen molar-refractivity contribution in [3.05, 3.63) is 11.9 Å². The van der Waals surface area contributed by atoms with Gasteiger partial charge in [0.25, 0.3) is 0 Å². The topological polar surface area (TPSA) is 29.9 Å². The van der Waals surface area contributed by atoms with Gasteiger partial charge in [-0.25, -0.2) is 4.98 Å². The molecule has 0 spiro atoms. The van der Waals surface area contributed by atoms with E-state index >= 15 is 0 Å². The molecule has 1 rings (SSSR count). The van der Waals surface area contributed by atoms with Gasteiger partial charge >= 0.3 is 0 Å². The summed E-state index contributed by atoms with van der Waals surface area (Å²) in [5, 5.41) is 3.38. The SMILES string of the molecule is CCCNc1nc(C)cn1CC(C)(C)CC. The molecular weight excluding hydrogens is 198 g/mol. The van der Waals surface area contributed by atoms with Crippen LogP contribution in [0.25, 0.3) is 0 Å². The summed E-state index contributed by atoms with van der Waals surface area (Å²) in [6, 6.07) is 0. The summed E-state index contributed by atoms with van der Waals surface area (Å²) in [5.74, 6) is 1.01. The fourth-order valence-corrected chi connectivity index (χ4v) is 1.62. The van der Waals surface area contributed by atoms with Gasteiger partial charge in [-0.15, -0.1) is 0 Å². The van der Waals surface area contributed by atoms with Crippen molar-refractivity contribution in [1.29, 1.82) is 0 Å². The van der Waals surface area contributed by atoms with Crippen molar-refractivity contribution in [2.24, 2.45) is 5.41 Å². The maximum absolute atomic E-state index is 4.52. The molecule has 0 radical (unpaired) electrons. The Morgan fingerprint density at radius 3 is 2.62 bits per heavy atom. The Morgan fingerprint density at radius 2 is 2.06 bits per heavy atom. The Morgan fingerprint density at radius 1 is 1.38 bits per heavy atom. The van der Waals surface area contributed by atoms with Gasteiger partial charge in [-0.2, -0.15) is 0 Å². The molecule has 0 saturated carbocycles. The van der Waals surface area contributed by atoms with E-state index in [0.29, 0.717) is 5.41 Å². The number of hydrogen-bond donors (Lipinski definition) is 1. The quantitative estimate of drug-likeness (QED) is 0.800. The molecule has 0 atom stereocenters. The third-order valence-corrected chi connectivity index (χ3v) is 2.99. The van der Waals surface area contributed by atoms with Crippen LogP contribution in [0.4, 0.5) is 5.95 Å². The molecule has 0 unspecified atom stereocenters. The first kappa shape index (κ1) is 13.1. The standard InChI is InChI=1S/C13H25N3/c1-6-8-14-12-15-11(3)9-16(12)10-13(4,5)7-2/h9H,6-8,10H2,1-5H3,(H,14,15). The molecule has 0 saturated heterocycles. The van der Waals surface area contributed by atoms with Crippen LogP contribution in [0.2, 0.25) is 0 Å². The number of nitrogens with one attached hydrogen (secondary N) is 1. The van der Waals surface area contributed by atoms with Crippen LogP contribution in [0.15, 0.2) is 6.20 Å². The molecule has 3 heteroatoms. The average molecular weight is 223 g/mol. The maximum Gasteiger partial charge on any atom is 0.203 e. The van der Waals surface area contributed by atoms with Crippen molar-refractivity contribution < 1.29 is 0 Å². The van der Waals surface area contributed by atoms with E-state index in [0.717, 1.165) is 31.2 Å². The van der Waals surface area contributed by atoms with Crippen LogP contribution in [0.5, 0.6) is 0 Å². The molecule has 1 aromatic heterocycles. The summed E-state index contributed by atoms with van der Waals surface area (Å²) in [4.78, 5) is 4.52. The van der Waals surface area contributed by atoms with E-state index in [1.807, 2.05) is 6.92 Å². The highest BCUT2D eigenvalue weighted by Crippen LogP contribution is 2.24. The minimum Gasteiger partial charge on any atom is -0.356 e. The van der Waals surface area contributed by atoms with Gasteiger partial charge in [0.1, 0.15) is 0 Å². The second kappa shape index (κ2) is 5.37. The molecule has 1 aromatic rings. The van der Waals surface area contributed by atoms with Gasteiger partial charge in [0.2, 0.25) is 5.95 Å². The zero-order chi connectivity index (χ0) is 12.2. The molecule has 92 valence electrons. The highest BCUT2D eigenvalue weighted by molar-refractivity contribution is 5.28. The predicted molar refractivity (Wildman–Crippen MR) is 69.8 cm³/mol. The van der Waals surface area contributed by atoms with E-state index in [9.17, 15) is 0 Å². The molecule has 0 aliphatic rings. The Bertz CT molecular complexity index is 326. The smallest absolute Gasteiger partial charge is 0.203 e. The molecule has 0 amide bonds. The first-order chi connectivity index (χ1) is 7.48. The summed E-state index contributed by atoms with van der Waals surface area (Å²) in [5.41, 5.74) is 1.42. The molecule has 0 fully saturated rings. The van der Waals surface area contributed by atoms with E-state index in [4.69, 9.17) is 0 Å². The van der Waals surface area contributed by atoms with Gasteiger partial charge in [0, 0.05) is 19.3 Å². The molecule has 16 heavy (non-hydrogen) atoms. The van der Waals surface area contributed by atoms with Crippen molar-refractivity contribution in [1.82, 2.24) is 9.55 Å². The number of aryl methyl sites for hydroxylation is 1. The Labute approximate surface area is 99.3 Å². The summed E-state index contributed by atoms with van der Waals surface area (Å²) in [6.45, 7) is 13.1. The minimum atomic E-state index is 0.329. The highest BCUT2D eigenvalue weighted by Gasteiger charge is 2.18. The van der Waals surface area contributed by atoms with Crippen LogP contribution in [0.1, 0.15) is 46.2 Å². The van der Waals surface area contributed by atoms with Crippen LogP contribution in [0.3, 0.4) is 0 Å². The number of nitrogens with zero attached hydrogens (tertiary/aromatic N) is 2. The summed E-state index contributed by atoms with van der Waals surface area (Å²) in [6.07, 6.45) is 4.44. The fourth-order valence-electron chi connectivity index (χ4n) is 1.62. The van der Waals surface area contributed by atoms with E-state index in [2.05, 4.69) is 48.8 Å². The number of imidazole rings is 1. The Hall–Kier alpha value is -0.990. The van der Waals surface area contributed by atoms with Gasteiger partial charge in [-0.1, -0.05) is 27.7 Å². The van der Waals surface area contributed by atoms with E-state index in [1.54, 1.807) is 0 Å². The lowest BCUT2D eigenvalue weighted by Gasteiger charge is -2.24. The highest BCUT2D eigenvalue weighted by atomic mass is 15.2. The normalized spacial score (nSPS) is 11.8. The first-order valence-corrected chi connectivity index (χ1v) is 6.26. The molecule has 1 N–H and O–H groups in total. The first-order valence-electron chi connectivity index (χ1n) is 6.26. The second-order valence-corrected chi connectivity index (χ2v) is 5.28. The zero-order valence-corrected chi connectivity index (χ0v) is 11.3. The maximum atomic E-state index is 4.52. The number of rotatable bonds is 6. The van der Waals surface area contributed by atoms with E-state index < -0.39 is 0 Å². The molecule has 3 nitrogen and oxygen atoms in total. The fraction of sp³-hybridized carbons (Fsp3) is 0.769. The lowest BCUT2D eigenvalue weighted by molar-refractivity contribution is 0.296. The molecule has 0 aliphatic carbocycles. The van der Waals surface area contributed by atoms with Crippen LogP contribution >= 0.6 is 0 Å². The zero-order valence-electron chi connectivity index (χ0n) is 11.3. The lowest BCUT2D eigenvalue weighted by Crippen LogP contribution is -2.20. The number of aromatic nitrogens is 2. The van der Waals surface area contributed by atoms with Crippen LogP contribution in [0, 0.1) is 12.3 Å². The minimum absolute atomic E-state index is 0.329. The van der Waals surface area contributed by atoms with Crippen molar-refractivity contribution in [3.8, 4) is 0 Å². The molecule has 0 bridgehead atoms. The number of anilines is 1. The van der Waals surface area contributed by atoms with Crippen molar-refractivity contribution >= 4 is 5.95 Å². The van der Waals surface area contributed by atoms with Gasteiger partial charge in [0.05, 0.1) is 5.69 Å². The summed E-state index contributed by atoms with van der Waals surface area (Å²) < 4.78 is 2.24. The van der Waals surface area contributed by atoms with E-state index in [1.165, 1.54) is 6.42 Å². The third-order valence-electron chi connectivity index (χ3n) is 2.99. The summed E-state index contributed by atoms with van der Waals surface area (Å²) >= 11 is 0. The van der Waals surface area contributed by atoms with Crippen LogP contribution in [-0.2, 0) is 6.54 Å². The molecule has 1 heterocycles. The summed E-state index contributed by atoms with van der Waals surface area (Å²) in [7, 11) is 0. The van der Waals surface area contributed by atoms with E-state index in [-0.39, 0.29) is 0 Å². The van der Waals surface area contributed by atoms with Crippen molar-refractivity contribution in [2.45, 2.75) is 54.0 Å². The van der Waals surface area contributed by atoms with Crippen LogP contribution < -0.4 is 5.32 Å². The Kier molecular flexibility index (Phi) is 4.39. The van der Waals surface area contributed by atoms with Crippen LogP contribution in [-0.4, -0.2) is 16.1 Å². The number of hydrogen-bond acceptors (Lipinski definition) is 2. The average Bonchev–Trinajstić information content (AvgIpc) is 2.55. The van der Waals surface area contributed by atoms with Gasteiger partial charge < -0.3 is 9.88 Å². The van der Waals surface area contributed by atoms with Gasteiger partial charge in [0.15, 0.2) is 0 Å². The third kappa shape index (κ3) is 3.54. The predicted octanol–water partition coefficient (Wildman–Crippen LogP) is 3.45. The van der Waals surface area contributed by atoms with Gasteiger partial charge in [-0.3, -0.25) is 0 Å². The monoisotopic (exact) mass is 223 g/mol. The lowest BCUT2D eigenvalue weighted by atomic mass is 9.90. The molecule has 0 aliphatic heterocycles. The second-order valence-electron chi connectivity index (χ2n) is 5.28. The molecule has 0 aromatic carbocycles. The largest absolute Gasteiger partial charge is 0.356 e. The van der Waals surface area contributed by atoms with Crippen molar-refractivity contribution in [2.75, 3.05) is 11.9 Å². The molecular formula is C13H25N3.